The lowest BCUT2D eigenvalue weighted by molar-refractivity contribution is -0.127. The molecule has 0 bridgehead atoms. The molecule has 1 fully saturated rings. The highest BCUT2D eigenvalue weighted by molar-refractivity contribution is 5.97. The average Bonchev–Trinajstić information content (AvgIpc) is 3.18. The molecular formula is C24H32N4O2. The van der Waals surface area contributed by atoms with Crippen LogP contribution < -0.4 is 10.6 Å². The minimum Gasteiger partial charge on any atom is -0.383 e. The number of likely N-dealkylation sites (tertiary alicyclic amines) is 1. The van der Waals surface area contributed by atoms with Gasteiger partial charge in [-0.2, -0.15) is 5.26 Å². The number of fused-ring (bicyclic) bond motifs is 1. The number of rotatable bonds is 9. The van der Waals surface area contributed by atoms with Crippen molar-refractivity contribution in [2.75, 3.05) is 19.6 Å². The van der Waals surface area contributed by atoms with Crippen LogP contribution in [0.15, 0.2) is 30.0 Å². The summed E-state index contributed by atoms with van der Waals surface area (Å²) in [6.45, 7) is 4.00. The van der Waals surface area contributed by atoms with E-state index in [0.29, 0.717) is 25.9 Å². The minimum absolute atomic E-state index is 0.0644. The highest BCUT2D eigenvalue weighted by Crippen LogP contribution is 2.26. The molecule has 3 rings (SSSR count). The van der Waals surface area contributed by atoms with Crippen LogP contribution in [-0.4, -0.2) is 36.3 Å². The Morgan fingerprint density at radius 1 is 1.23 bits per heavy atom. The lowest BCUT2D eigenvalue weighted by Gasteiger charge is -2.21. The third-order valence-corrected chi connectivity index (χ3v) is 6.04. The number of carbonyl (C=O) groups excluding carboxylic acids is 2. The van der Waals surface area contributed by atoms with Crippen molar-refractivity contribution in [1.29, 1.82) is 5.26 Å². The third kappa shape index (κ3) is 5.63. The van der Waals surface area contributed by atoms with Crippen LogP contribution in [0.4, 0.5) is 0 Å². The quantitative estimate of drug-likeness (QED) is 0.373. The van der Waals surface area contributed by atoms with Crippen molar-refractivity contribution in [3.63, 3.8) is 0 Å². The number of nitriles is 1. The second kappa shape index (κ2) is 10.8. The number of hydrogen-bond donors (Lipinski definition) is 2. The molecule has 2 amide bonds. The van der Waals surface area contributed by atoms with E-state index in [1.807, 2.05) is 11.0 Å². The Morgan fingerprint density at radius 2 is 2.03 bits per heavy atom. The van der Waals surface area contributed by atoms with Crippen LogP contribution in [-0.2, 0) is 22.4 Å². The number of nitrogens with one attached hydrogen (secondary N) is 2. The first-order chi connectivity index (χ1) is 14.6. The predicted molar refractivity (Wildman–Crippen MR) is 116 cm³/mol. The van der Waals surface area contributed by atoms with Gasteiger partial charge in [0.15, 0.2) is 0 Å². The summed E-state index contributed by atoms with van der Waals surface area (Å²) in [6.07, 6.45) is 9.42. The van der Waals surface area contributed by atoms with Gasteiger partial charge in [0, 0.05) is 32.3 Å². The van der Waals surface area contributed by atoms with Crippen molar-refractivity contribution < 1.29 is 9.59 Å². The average molecular weight is 409 g/mol. The molecule has 160 valence electrons. The Balaban J connectivity index is 1.52. The number of carbonyl (C=O) groups is 2. The molecule has 0 saturated carbocycles. The summed E-state index contributed by atoms with van der Waals surface area (Å²) >= 11 is 0. The van der Waals surface area contributed by atoms with Crippen molar-refractivity contribution in [2.45, 2.75) is 64.3 Å². The number of nitrogens with zero attached hydrogens (tertiary/aromatic N) is 2. The SMILES string of the molecule is CCC(N/C=C(/C#N)C(=O)NCCCN1CCCC1=O)c1ccc2c(c1)CCCC2. The van der Waals surface area contributed by atoms with Gasteiger partial charge in [-0.25, -0.2) is 0 Å². The van der Waals surface area contributed by atoms with Crippen molar-refractivity contribution >= 4 is 11.8 Å². The van der Waals surface area contributed by atoms with E-state index in [1.54, 1.807) is 0 Å². The summed E-state index contributed by atoms with van der Waals surface area (Å²) < 4.78 is 0. The maximum Gasteiger partial charge on any atom is 0.263 e. The summed E-state index contributed by atoms with van der Waals surface area (Å²) in [4.78, 5) is 25.8. The molecule has 6 nitrogen and oxygen atoms in total. The molecule has 1 aromatic rings. The largest absolute Gasteiger partial charge is 0.383 e. The van der Waals surface area contributed by atoms with Crippen LogP contribution in [0, 0.1) is 11.3 Å². The van der Waals surface area contributed by atoms with Crippen LogP contribution in [0.2, 0.25) is 0 Å². The molecule has 0 radical (unpaired) electrons. The first kappa shape index (κ1) is 21.9. The van der Waals surface area contributed by atoms with E-state index in [-0.39, 0.29) is 23.4 Å². The molecule has 6 heteroatoms. The summed E-state index contributed by atoms with van der Waals surface area (Å²) in [6, 6.07) is 8.71. The van der Waals surface area contributed by atoms with Crippen LogP contribution in [0.25, 0.3) is 0 Å². The Hall–Kier alpha value is -2.81. The highest BCUT2D eigenvalue weighted by atomic mass is 16.2. The van der Waals surface area contributed by atoms with E-state index in [1.165, 1.54) is 35.7 Å². The number of amides is 2. The standard InChI is InChI=1S/C24H32N4O2/c1-2-22(20-11-10-18-7-3-4-8-19(18)15-20)27-17-21(16-25)24(30)26-12-6-14-28-13-5-9-23(28)29/h10-11,15,17,22,27H,2-9,12-14H2,1H3,(H,26,30)/b21-17-. The first-order valence-electron chi connectivity index (χ1n) is 11.2. The first-order valence-corrected chi connectivity index (χ1v) is 11.2. The minimum atomic E-state index is -0.377. The molecule has 2 aliphatic rings. The molecule has 1 aromatic carbocycles. The molecule has 1 atom stereocenters. The Morgan fingerprint density at radius 3 is 2.73 bits per heavy atom. The molecule has 1 saturated heterocycles. The summed E-state index contributed by atoms with van der Waals surface area (Å²) in [5, 5.41) is 15.5. The fourth-order valence-electron chi connectivity index (χ4n) is 4.26. The Kier molecular flexibility index (Phi) is 7.89. The third-order valence-electron chi connectivity index (χ3n) is 6.04. The van der Waals surface area contributed by atoms with Gasteiger partial charge in [0.05, 0.1) is 6.04 Å². The molecule has 1 aliphatic carbocycles. The summed E-state index contributed by atoms with van der Waals surface area (Å²) in [5.74, 6) is -0.186. The van der Waals surface area contributed by atoms with Crippen LogP contribution >= 0.6 is 0 Å². The van der Waals surface area contributed by atoms with Crippen molar-refractivity contribution in [3.05, 3.63) is 46.7 Å². The molecule has 2 N–H and O–H groups in total. The number of benzene rings is 1. The van der Waals surface area contributed by atoms with Crippen molar-refractivity contribution in [2.24, 2.45) is 0 Å². The normalized spacial score (nSPS) is 17.3. The van der Waals surface area contributed by atoms with Gasteiger partial charge in [0.25, 0.3) is 5.91 Å². The molecule has 0 spiro atoms. The fourth-order valence-corrected chi connectivity index (χ4v) is 4.26. The van der Waals surface area contributed by atoms with E-state index in [2.05, 4.69) is 35.8 Å². The zero-order valence-electron chi connectivity index (χ0n) is 17.9. The summed E-state index contributed by atoms with van der Waals surface area (Å²) in [5.41, 5.74) is 4.15. The van der Waals surface area contributed by atoms with Gasteiger partial charge in [-0.1, -0.05) is 25.1 Å². The van der Waals surface area contributed by atoms with E-state index in [0.717, 1.165) is 32.2 Å². The van der Waals surface area contributed by atoms with E-state index in [4.69, 9.17) is 0 Å². The van der Waals surface area contributed by atoms with Gasteiger partial charge in [-0.15, -0.1) is 0 Å². The predicted octanol–water partition coefficient (Wildman–Crippen LogP) is 3.14. The molecule has 30 heavy (non-hydrogen) atoms. The van der Waals surface area contributed by atoms with Gasteiger partial charge in [-0.05, 0) is 61.6 Å². The summed E-state index contributed by atoms with van der Waals surface area (Å²) in [7, 11) is 0. The molecule has 1 unspecified atom stereocenters. The molecule has 1 aliphatic heterocycles. The smallest absolute Gasteiger partial charge is 0.263 e. The monoisotopic (exact) mass is 408 g/mol. The number of hydrogen-bond acceptors (Lipinski definition) is 4. The van der Waals surface area contributed by atoms with Gasteiger partial charge in [0.2, 0.25) is 5.91 Å². The lowest BCUT2D eigenvalue weighted by Crippen LogP contribution is -2.31. The van der Waals surface area contributed by atoms with Crippen LogP contribution in [0.5, 0.6) is 0 Å². The number of aryl methyl sites for hydroxylation is 2. The van der Waals surface area contributed by atoms with Crippen LogP contribution in [0.3, 0.4) is 0 Å². The maximum absolute atomic E-state index is 12.3. The van der Waals surface area contributed by atoms with Gasteiger partial charge in [-0.3, -0.25) is 9.59 Å². The molecule has 0 aromatic heterocycles. The van der Waals surface area contributed by atoms with Crippen molar-refractivity contribution in [1.82, 2.24) is 15.5 Å². The van der Waals surface area contributed by atoms with E-state index >= 15 is 0 Å². The lowest BCUT2D eigenvalue weighted by atomic mass is 9.89. The van der Waals surface area contributed by atoms with Gasteiger partial charge >= 0.3 is 0 Å². The molecule has 1 heterocycles. The zero-order valence-corrected chi connectivity index (χ0v) is 17.9. The maximum atomic E-state index is 12.3. The topological polar surface area (TPSA) is 85.2 Å². The van der Waals surface area contributed by atoms with E-state index < -0.39 is 0 Å². The molecular weight excluding hydrogens is 376 g/mol. The fraction of sp³-hybridized carbons (Fsp3) is 0.542. The second-order valence-electron chi connectivity index (χ2n) is 8.13. The zero-order chi connectivity index (χ0) is 21.3. The van der Waals surface area contributed by atoms with Gasteiger partial charge in [0.1, 0.15) is 11.6 Å². The van der Waals surface area contributed by atoms with Crippen LogP contribution in [0.1, 0.15) is 68.2 Å². The highest BCUT2D eigenvalue weighted by Gasteiger charge is 2.19. The van der Waals surface area contributed by atoms with Crippen molar-refractivity contribution in [3.8, 4) is 6.07 Å². The second-order valence-corrected chi connectivity index (χ2v) is 8.13. The Labute approximate surface area is 179 Å². The Bertz CT molecular complexity index is 840. The van der Waals surface area contributed by atoms with Gasteiger partial charge < -0.3 is 15.5 Å². The van der Waals surface area contributed by atoms with E-state index in [9.17, 15) is 14.9 Å².